The summed E-state index contributed by atoms with van der Waals surface area (Å²) in [5.74, 6) is 0.367. The highest BCUT2D eigenvalue weighted by Gasteiger charge is 2.28. The van der Waals surface area contributed by atoms with Crippen LogP contribution in [-0.4, -0.2) is 58.7 Å². The van der Waals surface area contributed by atoms with E-state index in [1.807, 2.05) is 18.2 Å². The molecule has 7 nitrogen and oxygen atoms in total. The van der Waals surface area contributed by atoms with Crippen molar-refractivity contribution in [1.29, 1.82) is 0 Å². The first kappa shape index (κ1) is 30.8. The molecule has 0 spiro atoms. The lowest BCUT2D eigenvalue weighted by atomic mass is 10.0. The second kappa shape index (κ2) is 14.7. The van der Waals surface area contributed by atoms with Crippen molar-refractivity contribution >= 4 is 34.5 Å². The number of H-pyrrole nitrogens is 1. The summed E-state index contributed by atoms with van der Waals surface area (Å²) >= 11 is 6.23. The molecule has 0 radical (unpaired) electrons. The van der Waals surface area contributed by atoms with Crippen LogP contribution in [0.1, 0.15) is 54.1 Å². The van der Waals surface area contributed by atoms with Crippen molar-refractivity contribution in [3.8, 4) is 5.75 Å². The van der Waals surface area contributed by atoms with Gasteiger partial charge in [-0.05, 0) is 90.5 Å². The number of rotatable bonds is 14. The van der Waals surface area contributed by atoms with Crippen molar-refractivity contribution in [3.63, 3.8) is 0 Å². The molecule has 1 aliphatic rings. The first-order valence-electron chi connectivity index (χ1n) is 15.2. The molecule has 0 saturated carbocycles. The maximum absolute atomic E-state index is 11.5. The van der Waals surface area contributed by atoms with Crippen LogP contribution in [0.2, 0.25) is 5.02 Å². The van der Waals surface area contributed by atoms with Gasteiger partial charge < -0.3 is 14.6 Å². The third-order valence-electron chi connectivity index (χ3n) is 8.47. The number of nitrogens with zero attached hydrogens (tertiary/aromatic N) is 2. The van der Waals surface area contributed by atoms with Gasteiger partial charge in [-0.15, -0.1) is 0 Å². The molecule has 0 fully saturated rings. The second-order valence-electron chi connectivity index (χ2n) is 11.1. The van der Waals surface area contributed by atoms with Crippen molar-refractivity contribution in [2.45, 2.75) is 45.7 Å². The quantitative estimate of drug-likeness (QED) is 0.0843. The first-order valence-corrected chi connectivity index (χ1v) is 15.5. The third-order valence-corrected chi connectivity index (χ3v) is 8.70. The number of ether oxygens (including phenoxy) is 1. The highest BCUT2D eigenvalue weighted by Crippen LogP contribution is 2.38. The van der Waals surface area contributed by atoms with Crippen LogP contribution in [0.15, 0.2) is 72.9 Å². The standard InChI is InChI=1S/C35H41ClN4O3/c1-3-39(4-2)19-20-43-30-11-5-26(6-12-30)24-40(18-17-28-23-37-33-22-29(36)10-14-31(28)33)34-15-9-27-21-25(7-13-32(27)34)8-16-35(41)38-42/h5-8,10-14,16,21-23,34,37,42H,3-4,9,15,17-20,24H2,1-2H3,(H,38,41)/b16-8+. The Kier molecular flexibility index (Phi) is 10.5. The Morgan fingerprint density at radius 3 is 2.67 bits per heavy atom. The van der Waals surface area contributed by atoms with Crippen molar-refractivity contribution < 1.29 is 14.7 Å². The van der Waals surface area contributed by atoms with Crippen molar-refractivity contribution in [2.24, 2.45) is 0 Å². The van der Waals surface area contributed by atoms with Crippen LogP contribution in [0.5, 0.6) is 5.75 Å². The van der Waals surface area contributed by atoms with Gasteiger partial charge in [0.1, 0.15) is 12.4 Å². The minimum absolute atomic E-state index is 0.290. The topological polar surface area (TPSA) is 80.8 Å². The van der Waals surface area contributed by atoms with E-state index in [2.05, 4.69) is 77.3 Å². The zero-order valence-electron chi connectivity index (χ0n) is 25.0. The number of hydrogen-bond donors (Lipinski definition) is 3. The highest BCUT2D eigenvalue weighted by atomic mass is 35.5. The largest absolute Gasteiger partial charge is 0.492 e. The van der Waals surface area contributed by atoms with E-state index in [9.17, 15) is 4.79 Å². The van der Waals surface area contributed by atoms with E-state index in [0.29, 0.717) is 12.6 Å². The van der Waals surface area contributed by atoms with Gasteiger partial charge in [0.05, 0.1) is 0 Å². The molecule has 0 saturated heterocycles. The van der Waals surface area contributed by atoms with E-state index in [-0.39, 0.29) is 0 Å². The average molecular weight is 601 g/mol. The van der Waals surface area contributed by atoms with E-state index in [1.54, 1.807) is 11.6 Å². The summed E-state index contributed by atoms with van der Waals surface area (Å²) in [4.78, 5) is 19.8. The predicted octanol–water partition coefficient (Wildman–Crippen LogP) is 6.79. The van der Waals surface area contributed by atoms with Gasteiger partial charge in [0.15, 0.2) is 0 Å². The van der Waals surface area contributed by atoms with Gasteiger partial charge in [0.25, 0.3) is 5.91 Å². The van der Waals surface area contributed by atoms with Gasteiger partial charge in [0.2, 0.25) is 0 Å². The van der Waals surface area contributed by atoms with E-state index < -0.39 is 5.91 Å². The number of carbonyl (C=O) groups is 1. The molecule has 226 valence electrons. The minimum Gasteiger partial charge on any atom is -0.492 e. The van der Waals surface area contributed by atoms with Crippen LogP contribution >= 0.6 is 11.6 Å². The fraction of sp³-hybridized carbons (Fsp3) is 0.343. The zero-order chi connectivity index (χ0) is 30.2. The molecule has 1 heterocycles. The number of benzene rings is 3. The Morgan fingerprint density at radius 2 is 1.91 bits per heavy atom. The van der Waals surface area contributed by atoms with E-state index >= 15 is 0 Å². The highest BCUT2D eigenvalue weighted by molar-refractivity contribution is 6.31. The lowest BCUT2D eigenvalue weighted by Gasteiger charge is -2.30. The molecule has 43 heavy (non-hydrogen) atoms. The number of fused-ring (bicyclic) bond motifs is 2. The molecule has 1 amide bonds. The van der Waals surface area contributed by atoms with Crippen molar-refractivity contribution in [2.75, 3.05) is 32.8 Å². The Labute approximate surface area is 259 Å². The number of likely N-dealkylation sites (N-methyl/N-ethyl adjacent to an activating group) is 1. The number of amides is 1. The Morgan fingerprint density at radius 1 is 1.09 bits per heavy atom. The van der Waals surface area contributed by atoms with Gasteiger partial charge in [-0.3, -0.25) is 14.9 Å². The molecule has 1 aliphatic carbocycles. The van der Waals surface area contributed by atoms with E-state index in [1.165, 1.54) is 33.7 Å². The molecule has 0 bridgehead atoms. The van der Waals surface area contributed by atoms with Crippen LogP contribution in [0.4, 0.5) is 0 Å². The van der Waals surface area contributed by atoms with E-state index in [4.69, 9.17) is 21.5 Å². The van der Waals surface area contributed by atoms with Gasteiger partial charge in [-0.1, -0.05) is 61.8 Å². The van der Waals surface area contributed by atoms with Gasteiger partial charge in [-0.2, -0.15) is 0 Å². The summed E-state index contributed by atoms with van der Waals surface area (Å²) < 4.78 is 6.03. The maximum atomic E-state index is 11.5. The van der Waals surface area contributed by atoms with Gasteiger partial charge >= 0.3 is 0 Å². The minimum atomic E-state index is -0.538. The van der Waals surface area contributed by atoms with Crippen LogP contribution < -0.4 is 10.2 Å². The van der Waals surface area contributed by atoms with Crippen LogP contribution in [-0.2, 0) is 24.2 Å². The summed E-state index contributed by atoms with van der Waals surface area (Å²) in [7, 11) is 0. The molecule has 5 rings (SSSR count). The van der Waals surface area contributed by atoms with Crippen LogP contribution in [0.3, 0.4) is 0 Å². The molecule has 4 aromatic rings. The number of aromatic nitrogens is 1. The van der Waals surface area contributed by atoms with Gasteiger partial charge in [-0.25, -0.2) is 5.48 Å². The normalized spacial score (nSPS) is 14.7. The number of aryl methyl sites for hydroxylation is 1. The smallest absolute Gasteiger partial charge is 0.267 e. The fourth-order valence-electron chi connectivity index (χ4n) is 6.04. The molecule has 0 aliphatic heterocycles. The summed E-state index contributed by atoms with van der Waals surface area (Å²) in [6, 6.07) is 21.3. The second-order valence-corrected chi connectivity index (χ2v) is 11.5. The predicted molar refractivity (Wildman–Crippen MR) is 174 cm³/mol. The Balaban J connectivity index is 1.33. The van der Waals surface area contributed by atoms with E-state index in [0.717, 1.165) is 73.8 Å². The zero-order valence-corrected chi connectivity index (χ0v) is 25.7. The summed E-state index contributed by atoms with van der Waals surface area (Å²) in [6.45, 7) is 9.76. The summed E-state index contributed by atoms with van der Waals surface area (Å²) in [5, 5.41) is 10.7. The summed E-state index contributed by atoms with van der Waals surface area (Å²) in [6.07, 6.45) is 8.10. The molecule has 8 heteroatoms. The van der Waals surface area contributed by atoms with Crippen molar-refractivity contribution in [1.82, 2.24) is 20.3 Å². The molecule has 3 N–H and O–H groups in total. The number of halogens is 1. The molecular weight excluding hydrogens is 560 g/mol. The summed E-state index contributed by atoms with van der Waals surface area (Å²) in [5.41, 5.74) is 8.84. The molecule has 3 aromatic carbocycles. The Bertz CT molecular complexity index is 1540. The maximum Gasteiger partial charge on any atom is 0.267 e. The van der Waals surface area contributed by atoms with Crippen LogP contribution in [0.25, 0.3) is 17.0 Å². The molecule has 1 unspecified atom stereocenters. The van der Waals surface area contributed by atoms with Crippen LogP contribution in [0, 0.1) is 0 Å². The SMILES string of the molecule is CCN(CC)CCOc1ccc(CN(CCc2c[nH]c3cc(Cl)ccc23)C2CCc3cc(/C=C/C(=O)NO)ccc32)cc1. The van der Waals surface area contributed by atoms with Crippen molar-refractivity contribution in [3.05, 3.63) is 106 Å². The lowest BCUT2D eigenvalue weighted by molar-refractivity contribution is -0.124. The lowest BCUT2D eigenvalue weighted by Crippen LogP contribution is -2.29. The third kappa shape index (κ3) is 7.86. The average Bonchev–Trinajstić information content (AvgIpc) is 3.64. The first-order chi connectivity index (χ1) is 21.0. The molecule has 1 atom stereocenters. The number of hydrogen-bond acceptors (Lipinski definition) is 5. The Hall–Kier alpha value is -3.62. The number of nitrogens with one attached hydrogen (secondary N) is 2. The number of hydroxylamine groups is 1. The molecule has 1 aromatic heterocycles. The number of carbonyl (C=O) groups excluding carboxylic acids is 1. The number of aromatic amines is 1. The van der Waals surface area contributed by atoms with Gasteiger partial charge in [0, 0.05) is 53.9 Å². The molecular formula is C35H41ClN4O3. The monoisotopic (exact) mass is 600 g/mol. The fourth-order valence-corrected chi connectivity index (χ4v) is 6.21.